The second kappa shape index (κ2) is 7.62. The van der Waals surface area contributed by atoms with Crippen molar-refractivity contribution in [3.05, 3.63) is 40.2 Å². The largest absolute Gasteiger partial charge is 0.338 e. The minimum Gasteiger partial charge on any atom is -0.338 e. The molecule has 28 heavy (non-hydrogen) atoms. The van der Waals surface area contributed by atoms with Crippen LogP contribution < -0.4 is 5.32 Å². The second-order valence-electron chi connectivity index (χ2n) is 8.24. The number of aromatic nitrogens is 4. The molecule has 0 aliphatic carbocycles. The number of aryl methyl sites for hydroxylation is 1. The van der Waals surface area contributed by atoms with Gasteiger partial charge in [0, 0.05) is 37.0 Å². The predicted molar refractivity (Wildman–Crippen MR) is 107 cm³/mol. The number of hydrogen-bond donors (Lipinski definition) is 1. The molecular weight excluding hydrogens is 352 g/mol. The second-order valence-corrected chi connectivity index (χ2v) is 8.24. The van der Waals surface area contributed by atoms with Crippen molar-refractivity contribution in [2.45, 2.75) is 66.1 Å². The van der Waals surface area contributed by atoms with Crippen LogP contribution in [0.3, 0.4) is 0 Å². The average molecular weight is 383 g/mol. The maximum atomic E-state index is 13.0. The van der Waals surface area contributed by atoms with E-state index < -0.39 is 0 Å². The van der Waals surface area contributed by atoms with E-state index in [9.17, 15) is 4.79 Å². The van der Waals surface area contributed by atoms with Crippen LogP contribution in [0.1, 0.15) is 59.8 Å². The van der Waals surface area contributed by atoms with Gasteiger partial charge in [0.05, 0.1) is 29.9 Å². The summed E-state index contributed by atoms with van der Waals surface area (Å²) in [7, 11) is 0. The fourth-order valence-corrected chi connectivity index (χ4v) is 4.21. The van der Waals surface area contributed by atoms with Crippen LogP contribution >= 0.6 is 0 Å². The third-order valence-electron chi connectivity index (χ3n) is 6.25. The molecule has 0 spiro atoms. The maximum Gasteiger partial charge on any atom is 0.227 e. The summed E-state index contributed by atoms with van der Waals surface area (Å²) in [6.45, 7) is 11.1. The van der Waals surface area contributed by atoms with Gasteiger partial charge in [0.25, 0.3) is 0 Å². The fourth-order valence-electron chi connectivity index (χ4n) is 4.21. The van der Waals surface area contributed by atoms with Gasteiger partial charge in [0.15, 0.2) is 0 Å². The van der Waals surface area contributed by atoms with E-state index in [1.54, 1.807) is 0 Å². The Kier molecular flexibility index (Phi) is 5.19. The highest BCUT2D eigenvalue weighted by Crippen LogP contribution is 2.24. The number of nitrogens with one attached hydrogen (secondary N) is 1. The van der Waals surface area contributed by atoms with Crippen LogP contribution in [0.5, 0.6) is 0 Å². The average Bonchev–Trinajstić information content (AvgIpc) is 3.32. The molecule has 1 amide bonds. The van der Waals surface area contributed by atoms with Crippen molar-refractivity contribution in [1.29, 1.82) is 0 Å². The number of carbonyl (C=O) groups is 1. The fraction of sp³-hybridized carbons (Fsp3) is 0.619. The lowest BCUT2D eigenvalue weighted by molar-refractivity contribution is -0.136. The van der Waals surface area contributed by atoms with Crippen molar-refractivity contribution < 1.29 is 4.79 Å². The molecule has 0 bridgehead atoms. The molecule has 4 heterocycles. The van der Waals surface area contributed by atoms with Gasteiger partial charge in [0.1, 0.15) is 5.82 Å². The molecule has 2 atom stereocenters. The van der Waals surface area contributed by atoms with Crippen LogP contribution in [0.4, 0.5) is 0 Å². The number of amides is 1. The monoisotopic (exact) mass is 382 g/mol. The van der Waals surface area contributed by atoms with E-state index in [-0.39, 0.29) is 17.9 Å². The number of hydrogen-bond acceptors (Lipinski definition) is 5. The Labute approximate surface area is 166 Å². The van der Waals surface area contributed by atoms with E-state index in [0.717, 1.165) is 54.4 Å². The first kappa shape index (κ1) is 19.1. The summed E-state index contributed by atoms with van der Waals surface area (Å²) in [4.78, 5) is 24.4. The van der Waals surface area contributed by atoms with Gasteiger partial charge in [-0.25, -0.2) is 9.97 Å². The Balaban J connectivity index is 1.43. The molecule has 7 heteroatoms. The topological polar surface area (TPSA) is 75.9 Å². The van der Waals surface area contributed by atoms with Gasteiger partial charge in [-0.1, -0.05) is 6.92 Å². The number of fused-ring (bicyclic) bond motifs is 1. The molecule has 4 rings (SSSR count). The third-order valence-corrected chi connectivity index (χ3v) is 6.25. The normalized spacial score (nSPS) is 20.3. The third kappa shape index (κ3) is 3.55. The van der Waals surface area contributed by atoms with E-state index in [4.69, 9.17) is 4.98 Å². The zero-order chi connectivity index (χ0) is 19.8. The van der Waals surface area contributed by atoms with Crippen LogP contribution in [0.15, 0.2) is 6.20 Å². The first-order valence-corrected chi connectivity index (χ1v) is 10.3. The van der Waals surface area contributed by atoms with E-state index in [0.29, 0.717) is 13.1 Å². The molecule has 1 fully saturated rings. The molecule has 1 saturated heterocycles. The van der Waals surface area contributed by atoms with Gasteiger partial charge in [-0.2, -0.15) is 5.10 Å². The van der Waals surface area contributed by atoms with Crippen molar-refractivity contribution in [3.63, 3.8) is 0 Å². The van der Waals surface area contributed by atoms with E-state index in [1.165, 1.54) is 12.0 Å². The van der Waals surface area contributed by atoms with Gasteiger partial charge in [0.2, 0.25) is 5.91 Å². The molecular formula is C21H30N6O. The Morgan fingerprint density at radius 1 is 1.36 bits per heavy atom. The molecule has 1 N–H and O–H groups in total. The molecule has 2 aliphatic rings. The van der Waals surface area contributed by atoms with Gasteiger partial charge < -0.3 is 10.2 Å². The van der Waals surface area contributed by atoms with Crippen LogP contribution in [0, 0.1) is 26.7 Å². The number of rotatable bonds is 4. The molecule has 7 nitrogen and oxygen atoms in total. The Bertz CT molecular complexity index is 883. The summed E-state index contributed by atoms with van der Waals surface area (Å²) in [5.41, 5.74) is 5.56. The zero-order valence-electron chi connectivity index (χ0n) is 17.3. The van der Waals surface area contributed by atoms with Crippen LogP contribution in [0.2, 0.25) is 0 Å². The lowest BCUT2D eigenvalue weighted by Crippen LogP contribution is -2.40. The summed E-state index contributed by atoms with van der Waals surface area (Å²) in [6.07, 6.45) is 5.01. The van der Waals surface area contributed by atoms with Crippen molar-refractivity contribution in [2.24, 2.45) is 5.92 Å². The smallest absolute Gasteiger partial charge is 0.227 e. The summed E-state index contributed by atoms with van der Waals surface area (Å²) in [5, 5.41) is 8.04. The standard InChI is InChI=1S/C21H30N6O/c1-13(11-27-16(4)14(2)15(3)25-27)21(28)26-9-7-18-17(12-26)10-23-20(24-18)19-6-5-8-22-19/h10,13,19,22H,5-9,11-12H2,1-4H3/t13-,19+/m1/s1. The summed E-state index contributed by atoms with van der Waals surface area (Å²) in [5.74, 6) is 0.975. The van der Waals surface area contributed by atoms with Gasteiger partial charge >= 0.3 is 0 Å². The van der Waals surface area contributed by atoms with Gasteiger partial charge in [-0.15, -0.1) is 0 Å². The van der Waals surface area contributed by atoms with Crippen molar-refractivity contribution in [2.75, 3.05) is 13.1 Å². The highest BCUT2D eigenvalue weighted by atomic mass is 16.2. The van der Waals surface area contributed by atoms with Crippen molar-refractivity contribution in [1.82, 2.24) is 30.0 Å². The number of carbonyl (C=O) groups excluding carboxylic acids is 1. The Morgan fingerprint density at radius 2 is 2.18 bits per heavy atom. The molecule has 2 aromatic rings. The molecule has 150 valence electrons. The number of nitrogens with zero attached hydrogens (tertiary/aromatic N) is 5. The lowest BCUT2D eigenvalue weighted by Gasteiger charge is -2.30. The van der Waals surface area contributed by atoms with E-state index in [2.05, 4.69) is 29.2 Å². The van der Waals surface area contributed by atoms with Gasteiger partial charge in [-0.05, 0) is 45.7 Å². The first-order chi connectivity index (χ1) is 13.4. The molecule has 2 aliphatic heterocycles. The van der Waals surface area contributed by atoms with Crippen LogP contribution in [0.25, 0.3) is 0 Å². The van der Waals surface area contributed by atoms with E-state index in [1.807, 2.05) is 29.6 Å². The van der Waals surface area contributed by atoms with Crippen LogP contribution in [-0.2, 0) is 24.3 Å². The Morgan fingerprint density at radius 3 is 2.86 bits per heavy atom. The highest BCUT2D eigenvalue weighted by molar-refractivity contribution is 5.78. The molecule has 0 saturated carbocycles. The molecule has 2 aromatic heterocycles. The lowest BCUT2D eigenvalue weighted by atomic mass is 10.0. The summed E-state index contributed by atoms with van der Waals surface area (Å²) in [6, 6.07) is 0.286. The predicted octanol–water partition coefficient (Wildman–Crippen LogP) is 2.24. The molecule has 0 unspecified atom stereocenters. The first-order valence-electron chi connectivity index (χ1n) is 10.3. The van der Waals surface area contributed by atoms with E-state index >= 15 is 0 Å². The van der Waals surface area contributed by atoms with Crippen molar-refractivity contribution in [3.8, 4) is 0 Å². The summed E-state index contributed by atoms with van der Waals surface area (Å²) < 4.78 is 1.97. The highest BCUT2D eigenvalue weighted by Gasteiger charge is 2.28. The zero-order valence-corrected chi connectivity index (χ0v) is 17.3. The SMILES string of the molecule is Cc1nn(C[C@@H](C)C(=O)N2CCc3nc([C@@H]4CCCN4)ncc3C2)c(C)c1C. The van der Waals surface area contributed by atoms with Crippen molar-refractivity contribution >= 4 is 5.91 Å². The maximum absolute atomic E-state index is 13.0. The van der Waals surface area contributed by atoms with Crippen LogP contribution in [-0.4, -0.2) is 43.6 Å². The quantitative estimate of drug-likeness (QED) is 0.878. The molecule has 0 aromatic carbocycles. The molecule has 0 radical (unpaired) electrons. The minimum atomic E-state index is -0.109. The summed E-state index contributed by atoms with van der Waals surface area (Å²) >= 11 is 0. The van der Waals surface area contributed by atoms with Gasteiger partial charge in [-0.3, -0.25) is 9.48 Å². The Hall–Kier alpha value is -2.28. The minimum absolute atomic E-state index is 0.109.